The Morgan fingerprint density at radius 2 is 2.00 bits per heavy atom. The molecule has 1 aliphatic rings. The summed E-state index contributed by atoms with van der Waals surface area (Å²) in [6.45, 7) is -0.173. The molecule has 0 unspecified atom stereocenters. The fourth-order valence-corrected chi connectivity index (χ4v) is 3.00. The second kappa shape index (κ2) is 10.2. The summed E-state index contributed by atoms with van der Waals surface area (Å²) in [7, 11) is 1.45. The number of aryl methyl sites for hydroxylation is 1. The molecule has 0 saturated carbocycles. The summed E-state index contributed by atoms with van der Waals surface area (Å²) in [5.74, 6) is 0.312. The lowest BCUT2D eigenvalue weighted by atomic mass is 9.90. The van der Waals surface area contributed by atoms with E-state index in [1.54, 1.807) is 0 Å². The Morgan fingerprint density at radius 3 is 2.72 bits per heavy atom. The molecule has 0 saturated heterocycles. The first-order valence-electron chi connectivity index (χ1n) is 8.28. The van der Waals surface area contributed by atoms with Gasteiger partial charge in [-0.25, -0.2) is 0 Å². The Labute approximate surface area is 164 Å². The first-order valence-corrected chi connectivity index (χ1v) is 8.28. The van der Waals surface area contributed by atoms with Gasteiger partial charge in [0.15, 0.2) is 5.96 Å². The van der Waals surface area contributed by atoms with Crippen LogP contribution in [0.5, 0.6) is 0 Å². The zero-order valence-electron chi connectivity index (χ0n) is 14.4. The van der Waals surface area contributed by atoms with E-state index in [1.807, 2.05) is 12.1 Å². The minimum absolute atomic E-state index is 0. The Hall–Kier alpha value is -1.03. The van der Waals surface area contributed by atoms with Gasteiger partial charge in [0.25, 0.3) is 0 Å². The Morgan fingerprint density at radius 1 is 1.28 bits per heavy atom. The van der Waals surface area contributed by atoms with Gasteiger partial charge in [0.2, 0.25) is 0 Å². The van der Waals surface area contributed by atoms with Crippen LogP contribution in [0.15, 0.2) is 23.2 Å². The quantitative estimate of drug-likeness (QED) is 0.288. The average Bonchev–Trinajstić information content (AvgIpc) is 2.50. The smallest absolute Gasteiger partial charge is 0.370 e. The molecule has 25 heavy (non-hydrogen) atoms. The zero-order chi connectivity index (χ0) is 17.6. The molecule has 0 spiro atoms. The van der Waals surface area contributed by atoms with Gasteiger partial charge in [-0.1, -0.05) is 12.1 Å². The van der Waals surface area contributed by atoms with Gasteiger partial charge < -0.3 is 11.1 Å². The van der Waals surface area contributed by atoms with Crippen molar-refractivity contribution in [3.05, 3.63) is 29.3 Å². The van der Waals surface area contributed by atoms with Gasteiger partial charge in [0, 0.05) is 12.2 Å². The number of nitrogens with two attached hydrogens (primary N) is 1. The van der Waals surface area contributed by atoms with Crippen LogP contribution in [-0.4, -0.2) is 43.7 Å². The zero-order valence-corrected chi connectivity index (χ0v) is 16.7. The average molecular weight is 470 g/mol. The highest BCUT2D eigenvalue weighted by atomic mass is 127. The second-order valence-electron chi connectivity index (χ2n) is 6.25. The summed E-state index contributed by atoms with van der Waals surface area (Å²) >= 11 is 0. The Balaban J connectivity index is 0.00000312. The fourth-order valence-electron chi connectivity index (χ4n) is 3.00. The standard InChI is InChI=1S/C17H25F3N4.HI/c1-24(12-17(18,19)20)11-5-10-22-16(21)23-15-9-4-7-13-6-2-3-8-14(13)15;/h4,7,9H,2-3,5-6,8,10-12H2,1H3,(H3,21,22,23);1H. The fraction of sp³-hybridized carbons (Fsp3) is 0.588. The third-order valence-electron chi connectivity index (χ3n) is 4.09. The van der Waals surface area contributed by atoms with Gasteiger partial charge in [-0.15, -0.1) is 24.0 Å². The van der Waals surface area contributed by atoms with Gasteiger partial charge in [-0.3, -0.25) is 9.89 Å². The topological polar surface area (TPSA) is 53.6 Å². The number of alkyl halides is 3. The number of hydrogen-bond acceptors (Lipinski definition) is 2. The molecule has 0 heterocycles. The van der Waals surface area contributed by atoms with Gasteiger partial charge in [0.1, 0.15) is 0 Å². The normalized spacial score (nSPS) is 14.8. The third kappa shape index (κ3) is 7.81. The molecule has 3 N–H and O–H groups in total. The second-order valence-corrected chi connectivity index (χ2v) is 6.25. The van der Waals surface area contributed by atoms with Crippen molar-refractivity contribution in [3.8, 4) is 0 Å². The van der Waals surface area contributed by atoms with Gasteiger partial charge in [-0.05, 0) is 62.9 Å². The van der Waals surface area contributed by atoms with Crippen molar-refractivity contribution in [1.29, 1.82) is 0 Å². The van der Waals surface area contributed by atoms with Gasteiger partial charge >= 0.3 is 6.18 Å². The van der Waals surface area contributed by atoms with Crippen LogP contribution in [0.25, 0.3) is 0 Å². The molecular formula is C17H26F3IN4. The molecule has 0 atom stereocenters. The molecule has 0 radical (unpaired) electrons. The molecule has 4 nitrogen and oxygen atoms in total. The van der Waals surface area contributed by atoms with Crippen molar-refractivity contribution in [2.45, 2.75) is 38.3 Å². The highest BCUT2D eigenvalue weighted by molar-refractivity contribution is 14.0. The van der Waals surface area contributed by atoms with Crippen molar-refractivity contribution >= 4 is 35.6 Å². The molecule has 1 aromatic rings. The first-order chi connectivity index (χ1) is 11.3. The predicted molar refractivity (Wildman–Crippen MR) is 107 cm³/mol. The highest BCUT2D eigenvalue weighted by Gasteiger charge is 2.28. The lowest BCUT2D eigenvalue weighted by Crippen LogP contribution is -2.32. The molecule has 0 amide bonds. The first kappa shape index (κ1) is 22.0. The van der Waals surface area contributed by atoms with Crippen molar-refractivity contribution in [2.75, 3.05) is 32.0 Å². The molecule has 2 rings (SSSR count). The minimum atomic E-state index is -4.16. The lowest BCUT2D eigenvalue weighted by Gasteiger charge is -2.20. The van der Waals surface area contributed by atoms with E-state index >= 15 is 0 Å². The molecule has 8 heteroatoms. The van der Waals surface area contributed by atoms with Crippen LogP contribution in [0, 0.1) is 0 Å². The largest absolute Gasteiger partial charge is 0.401 e. The van der Waals surface area contributed by atoms with Crippen LogP contribution in [0.3, 0.4) is 0 Å². The highest BCUT2D eigenvalue weighted by Crippen LogP contribution is 2.27. The molecule has 0 aromatic heterocycles. The van der Waals surface area contributed by atoms with Crippen LogP contribution in [0.2, 0.25) is 0 Å². The van der Waals surface area contributed by atoms with Crippen LogP contribution in [-0.2, 0) is 12.8 Å². The summed E-state index contributed by atoms with van der Waals surface area (Å²) in [5, 5.41) is 3.13. The molecular weight excluding hydrogens is 444 g/mol. The van der Waals surface area contributed by atoms with E-state index in [0.717, 1.165) is 18.5 Å². The molecule has 1 aliphatic carbocycles. The molecule has 0 bridgehead atoms. The SMILES string of the molecule is CN(CCCN=C(N)Nc1cccc2c1CCCC2)CC(F)(F)F.I. The summed E-state index contributed by atoms with van der Waals surface area (Å²) in [6.07, 6.45) is 0.883. The van der Waals surface area contributed by atoms with E-state index in [2.05, 4.69) is 16.4 Å². The van der Waals surface area contributed by atoms with Crippen molar-refractivity contribution in [2.24, 2.45) is 10.7 Å². The van der Waals surface area contributed by atoms with Crippen LogP contribution >= 0.6 is 24.0 Å². The van der Waals surface area contributed by atoms with Crippen LogP contribution in [0.1, 0.15) is 30.4 Å². The van der Waals surface area contributed by atoms with Gasteiger partial charge in [-0.2, -0.15) is 13.2 Å². The van der Waals surface area contributed by atoms with Crippen LogP contribution < -0.4 is 11.1 Å². The van der Waals surface area contributed by atoms with Crippen LogP contribution in [0.4, 0.5) is 18.9 Å². The number of benzene rings is 1. The number of fused-ring (bicyclic) bond motifs is 1. The molecule has 0 fully saturated rings. The number of rotatable bonds is 6. The maximum Gasteiger partial charge on any atom is 0.401 e. The van der Waals surface area contributed by atoms with E-state index in [9.17, 15) is 13.2 Å². The summed E-state index contributed by atoms with van der Waals surface area (Å²) in [6, 6.07) is 6.14. The van der Waals surface area contributed by atoms with E-state index in [1.165, 1.54) is 35.9 Å². The summed E-state index contributed by atoms with van der Waals surface area (Å²) in [4.78, 5) is 5.45. The molecule has 0 aliphatic heterocycles. The molecule has 142 valence electrons. The summed E-state index contributed by atoms with van der Waals surface area (Å²) < 4.78 is 36.7. The maximum absolute atomic E-state index is 12.2. The lowest BCUT2D eigenvalue weighted by molar-refractivity contribution is -0.143. The van der Waals surface area contributed by atoms with E-state index in [-0.39, 0.29) is 24.0 Å². The number of hydrogen-bond donors (Lipinski definition) is 2. The van der Waals surface area contributed by atoms with Crippen molar-refractivity contribution in [1.82, 2.24) is 4.90 Å². The van der Waals surface area contributed by atoms with Crippen molar-refractivity contribution < 1.29 is 13.2 Å². The number of guanidine groups is 1. The molecule has 1 aromatic carbocycles. The van der Waals surface area contributed by atoms with Crippen molar-refractivity contribution in [3.63, 3.8) is 0 Å². The van der Waals surface area contributed by atoms with E-state index < -0.39 is 12.7 Å². The van der Waals surface area contributed by atoms with E-state index in [0.29, 0.717) is 25.5 Å². The number of nitrogens with zero attached hydrogens (tertiary/aromatic N) is 2. The monoisotopic (exact) mass is 470 g/mol. The van der Waals surface area contributed by atoms with Gasteiger partial charge in [0.05, 0.1) is 6.54 Å². The number of halogens is 4. The number of aliphatic imine (C=N–C) groups is 1. The third-order valence-corrected chi connectivity index (χ3v) is 4.09. The minimum Gasteiger partial charge on any atom is -0.370 e. The summed E-state index contributed by atoms with van der Waals surface area (Å²) in [5.41, 5.74) is 9.54. The number of nitrogens with one attached hydrogen (secondary N) is 1. The van der Waals surface area contributed by atoms with E-state index in [4.69, 9.17) is 5.73 Å². The number of anilines is 1. The Kier molecular flexibility index (Phi) is 8.98. The maximum atomic E-state index is 12.2. The predicted octanol–water partition coefficient (Wildman–Crippen LogP) is 3.79. The Bertz CT molecular complexity index is 576.